The Bertz CT molecular complexity index is 1210. The lowest BCUT2D eigenvalue weighted by molar-refractivity contribution is -0.00544. The van der Waals surface area contributed by atoms with Crippen molar-refractivity contribution in [2.45, 2.75) is 33.0 Å². The molecule has 1 saturated heterocycles. The normalized spacial score (nSPS) is 19.5. The molecule has 3 aromatic heterocycles. The molecule has 4 aromatic rings. The zero-order valence-corrected chi connectivity index (χ0v) is 17.9. The Balaban J connectivity index is 1.59. The standard InChI is InChI=1S/C22H23ClN6O/c1-13-5-4-6-16(23)20(13)27-21-18-9-24-12-29(18)22-17(25-21)7-8-19(26-22)28-10-14(2)30-15(3)11-28/h4-9,12,14-15H,10-11H2,1-3H3,(H,25,27). The molecule has 2 unspecified atom stereocenters. The maximum absolute atomic E-state index is 6.41. The van der Waals surface area contributed by atoms with E-state index in [-0.39, 0.29) is 12.2 Å². The number of pyridine rings is 1. The van der Waals surface area contributed by atoms with E-state index in [0.29, 0.717) is 10.8 Å². The number of rotatable bonds is 3. The summed E-state index contributed by atoms with van der Waals surface area (Å²) in [6.45, 7) is 7.83. The molecule has 1 aromatic carbocycles. The van der Waals surface area contributed by atoms with Crippen molar-refractivity contribution in [2.24, 2.45) is 0 Å². The molecular weight excluding hydrogens is 400 g/mol. The predicted octanol–water partition coefficient (Wildman–Crippen LogP) is 4.60. The second-order valence-corrected chi connectivity index (χ2v) is 8.25. The number of fused-ring (bicyclic) bond motifs is 3. The number of para-hydroxylation sites is 1. The number of hydrogen-bond donors (Lipinski definition) is 1. The van der Waals surface area contributed by atoms with Crippen molar-refractivity contribution >= 4 is 45.6 Å². The molecule has 0 saturated carbocycles. The van der Waals surface area contributed by atoms with Gasteiger partial charge in [0, 0.05) is 13.1 Å². The van der Waals surface area contributed by atoms with Gasteiger partial charge in [-0.05, 0) is 44.5 Å². The SMILES string of the molecule is Cc1cccc(Cl)c1Nc1nc2ccc(N3CC(C)OC(C)C3)nc2n2cncc12. The summed E-state index contributed by atoms with van der Waals surface area (Å²) in [5.41, 5.74) is 4.29. The minimum absolute atomic E-state index is 0.170. The highest BCUT2D eigenvalue weighted by Crippen LogP contribution is 2.31. The highest BCUT2D eigenvalue weighted by molar-refractivity contribution is 6.33. The zero-order chi connectivity index (χ0) is 20.8. The van der Waals surface area contributed by atoms with Gasteiger partial charge in [-0.2, -0.15) is 0 Å². The Morgan fingerprint density at radius 3 is 2.67 bits per heavy atom. The Labute approximate surface area is 179 Å². The maximum Gasteiger partial charge on any atom is 0.166 e. The predicted molar refractivity (Wildman–Crippen MR) is 120 cm³/mol. The zero-order valence-electron chi connectivity index (χ0n) is 17.1. The van der Waals surface area contributed by atoms with Gasteiger partial charge in [-0.3, -0.25) is 4.40 Å². The minimum Gasteiger partial charge on any atom is -0.372 e. The molecule has 7 nitrogen and oxygen atoms in total. The Morgan fingerprint density at radius 1 is 1.10 bits per heavy atom. The van der Waals surface area contributed by atoms with Gasteiger partial charge in [-0.25, -0.2) is 15.0 Å². The molecule has 5 rings (SSSR count). The number of hydrogen-bond acceptors (Lipinski definition) is 6. The van der Waals surface area contributed by atoms with E-state index in [1.807, 2.05) is 41.7 Å². The van der Waals surface area contributed by atoms with Gasteiger partial charge in [0.15, 0.2) is 11.5 Å². The number of aromatic nitrogens is 4. The molecule has 0 radical (unpaired) electrons. The number of morpholine rings is 1. The van der Waals surface area contributed by atoms with E-state index in [1.54, 1.807) is 12.5 Å². The lowest BCUT2D eigenvalue weighted by Gasteiger charge is -2.36. The van der Waals surface area contributed by atoms with E-state index in [4.69, 9.17) is 26.3 Å². The molecule has 1 aliphatic heterocycles. The van der Waals surface area contributed by atoms with Crippen LogP contribution in [0.15, 0.2) is 42.9 Å². The number of nitrogens with zero attached hydrogens (tertiary/aromatic N) is 5. The van der Waals surface area contributed by atoms with E-state index in [2.05, 4.69) is 29.0 Å². The number of ether oxygens (including phenoxy) is 1. The maximum atomic E-state index is 6.41. The lowest BCUT2D eigenvalue weighted by atomic mass is 10.2. The monoisotopic (exact) mass is 422 g/mol. The Kier molecular flexibility index (Phi) is 4.72. The summed E-state index contributed by atoms with van der Waals surface area (Å²) in [4.78, 5) is 16.4. The van der Waals surface area contributed by atoms with Crippen LogP contribution in [0.4, 0.5) is 17.3 Å². The average molecular weight is 423 g/mol. The van der Waals surface area contributed by atoms with Gasteiger partial charge in [-0.15, -0.1) is 0 Å². The van der Waals surface area contributed by atoms with Crippen LogP contribution in [0.3, 0.4) is 0 Å². The number of benzene rings is 1. The smallest absolute Gasteiger partial charge is 0.166 e. The van der Waals surface area contributed by atoms with E-state index >= 15 is 0 Å². The first-order chi connectivity index (χ1) is 14.5. The molecule has 0 amide bonds. The number of imidazole rings is 1. The molecule has 30 heavy (non-hydrogen) atoms. The highest BCUT2D eigenvalue weighted by Gasteiger charge is 2.24. The molecule has 154 valence electrons. The molecule has 1 aliphatic rings. The first-order valence-electron chi connectivity index (χ1n) is 10.0. The lowest BCUT2D eigenvalue weighted by Crippen LogP contribution is -2.45. The largest absolute Gasteiger partial charge is 0.372 e. The molecule has 1 N–H and O–H groups in total. The summed E-state index contributed by atoms with van der Waals surface area (Å²) < 4.78 is 7.82. The fourth-order valence-electron chi connectivity index (χ4n) is 4.05. The number of halogens is 1. The second kappa shape index (κ2) is 7.41. The molecule has 0 aliphatic carbocycles. The van der Waals surface area contributed by atoms with Crippen LogP contribution in [0.1, 0.15) is 19.4 Å². The summed E-state index contributed by atoms with van der Waals surface area (Å²) in [6.07, 6.45) is 3.89. The third-order valence-electron chi connectivity index (χ3n) is 5.39. The average Bonchev–Trinajstić information content (AvgIpc) is 3.20. The third kappa shape index (κ3) is 3.34. The van der Waals surface area contributed by atoms with Crippen molar-refractivity contribution in [2.75, 3.05) is 23.3 Å². The van der Waals surface area contributed by atoms with Crippen molar-refractivity contribution < 1.29 is 4.74 Å². The number of nitrogens with one attached hydrogen (secondary N) is 1. The number of anilines is 3. The first kappa shape index (κ1) is 19.1. The van der Waals surface area contributed by atoms with Crippen LogP contribution < -0.4 is 10.2 Å². The molecule has 4 heterocycles. The van der Waals surface area contributed by atoms with Crippen molar-refractivity contribution in [3.63, 3.8) is 0 Å². The summed E-state index contributed by atoms with van der Waals surface area (Å²) in [5, 5.41) is 4.04. The summed E-state index contributed by atoms with van der Waals surface area (Å²) >= 11 is 6.41. The van der Waals surface area contributed by atoms with Gasteiger partial charge in [-0.1, -0.05) is 23.7 Å². The van der Waals surface area contributed by atoms with Crippen LogP contribution in [0.2, 0.25) is 5.02 Å². The molecule has 0 bridgehead atoms. The fourth-order valence-corrected chi connectivity index (χ4v) is 4.32. The summed E-state index contributed by atoms with van der Waals surface area (Å²) in [7, 11) is 0. The molecule has 1 fully saturated rings. The second-order valence-electron chi connectivity index (χ2n) is 7.84. The van der Waals surface area contributed by atoms with Crippen LogP contribution in [-0.4, -0.2) is 44.7 Å². The van der Waals surface area contributed by atoms with E-state index < -0.39 is 0 Å². The fraction of sp³-hybridized carbons (Fsp3) is 0.318. The Morgan fingerprint density at radius 2 is 1.90 bits per heavy atom. The van der Waals surface area contributed by atoms with Gasteiger partial charge in [0.25, 0.3) is 0 Å². The van der Waals surface area contributed by atoms with Crippen LogP contribution in [-0.2, 0) is 4.74 Å². The number of aryl methyl sites for hydroxylation is 1. The van der Waals surface area contributed by atoms with Crippen molar-refractivity contribution in [1.82, 2.24) is 19.4 Å². The third-order valence-corrected chi connectivity index (χ3v) is 5.71. The molecule has 0 spiro atoms. The summed E-state index contributed by atoms with van der Waals surface area (Å²) in [6, 6.07) is 9.84. The van der Waals surface area contributed by atoms with E-state index in [9.17, 15) is 0 Å². The minimum atomic E-state index is 0.170. The highest BCUT2D eigenvalue weighted by atomic mass is 35.5. The molecule has 8 heteroatoms. The van der Waals surface area contributed by atoms with Gasteiger partial charge in [0.05, 0.1) is 29.1 Å². The van der Waals surface area contributed by atoms with Crippen molar-refractivity contribution in [1.29, 1.82) is 0 Å². The topological polar surface area (TPSA) is 67.6 Å². The van der Waals surface area contributed by atoms with Crippen LogP contribution in [0.25, 0.3) is 16.7 Å². The first-order valence-corrected chi connectivity index (χ1v) is 10.4. The molecule has 2 atom stereocenters. The van der Waals surface area contributed by atoms with Crippen LogP contribution in [0.5, 0.6) is 0 Å². The van der Waals surface area contributed by atoms with Crippen LogP contribution >= 0.6 is 11.6 Å². The van der Waals surface area contributed by atoms with E-state index in [0.717, 1.165) is 46.8 Å². The quantitative estimate of drug-likeness (QED) is 0.520. The van der Waals surface area contributed by atoms with Gasteiger partial charge < -0.3 is 15.0 Å². The van der Waals surface area contributed by atoms with Crippen molar-refractivity contribution in [3.05, 3.63) is 53.4 Å². The van der Waals surface area contributed by atoms with Gasteiger partial charge in [0.2, 0.25) is 0 Å². The summed E-state index contributed by atoms with van der Waals surface area (Å²) in [5.74, 6) is 1.61. The molecular formula is C22H23ClN6O. The van der Waals surface area contributed by atoms with Gasteiger partial charge >= 0.3 is 0 Å². The van der Waals surface area contributed by atoms with Gasteiger partial charge in [0.1, 0.15) is 23.2 Å². The van der Waals surface area contributed by atoms with Crippen LogP contribution in [0, 0.1) is 6.92 Å². The van der Waals surface area contributed by atoms with E-state index in [1.165, 1.54) is 0 Å². The van der Waals surface area contributed by atoms with Crippen molar-refractivity contribution in [3.8, 4) is 0 Å². The Hall–Kier alpha value is -2.90.